The zero-order valence-corrected chi connectivity index (χ0v) is 15.0. The van der Waals surface area contributed by atoms with Crippen LogP contribution in [0.3, 0.4) is 0 Å². The molecule has 1 saturated carbocycles. The van der Waals surface area contributed by atoms with Crippen LogP contribution in [0.1, 0.15) is 19.8 Å². The van der Waals surface area contributed by atoms with E-state index >= 15 is 0 Å². The van der Waals surface area contributed by atoms with Crippen molar-refractivity contribution in [1.82, 2.24) is 30.0 Å². The van der Waals surface area contributed by atoms with Crippen molar-refractivity contribution >= 4 is 28.6 Å². The van der Waals surface area contributed by atoms with E-state index in [9.17, 15) is 9.59 Å². The zero-order chi connectivity index (χ0) is 18.1. The van der Waals surface area contributed by atoms with Crippen LogP contribution < -0.4 is 10.9 Å². The second-order valence-corrected chi connectivity index (χ2v) is 7.29. The summed E-state index contributed by atoms with van der Waals surface area (Å²) in [6.07, 6.45) is 3.67. The summed E-state index contributed by atoms with van der Waals surface area (Å²) in [7, 11) is 0. The van der Waals surface area contributed by atoms with Gasteiger partial charge in [-0.3, -0.25) is 9.59 Å². The lowest BCUT2D eigenvalue weighted by molar-refractivity contribution is -0.119. The number of fused-ring (bicyclic) bond motifs is 1. The first-order valence-electron chi connectivity index (χ1n) is 8.43. The number of aromatic amines is 1. The number of thioether (sulfide) groups is 1. The van der Waals surface area contributed by atoms with E-state index < -0.39 is 0 Å². The lowest BCUT2D eigenvalue weighted by Gasteiger charge is -2.13. The molecule has 26 heavy (non-hydrogen) atoms. The number of nitrogens with zero attached hydrogens (tertiary/aromatic N) is 4. The summed E-state index contributed by atoms with van der Waals surface area (Å²) in [6, 6.07) is 7.29. The summed E-state index contributed by atoms with van der Waals surface area (Å²) in [5.41, 5.74) is 0.337. The molecule has 1 fully saturated rings. The van der Waals surface area contributed by atoms with E-state index in [2.05, 4.69) is 25.5 Å². The molecule has 3 aromatic rings. The van der Waals surface area contributed by atoms with Crippen molar-refractivity contribution in [2.24, 2.45) is 5.92 Å². The third kappa shape index (κ3) is 3.34. The van der Waals surface area contributed by atoms with Gasteiger partial charge in [0.15, 0.2) is 5.16 Å². The molecule has 0 spiro atoms. The van der Waals surface area contributed by atoms with Crippen molar-refractivity contribution in [3.63, 3.8) is 0 Å². The third-order valence-corrected chi connectivity index (χ3v) is 5.35. The van der Waals surface area contributed by atoms with Gasteiger partial charge in [-0.25, -0.2) is 14.6 Å². The van der Waals surface area contributed by atoms with Gasteiger partial charge in [0.2, 0.25) is 11.9 Å². The second kappa shape index (κ2) is 6.91. The Morgan fingerprint density at radius 2 is 2.23 bits per heavy atom. The van der Waals surface area contributed by atoms with E-state index in [1.54, 1.807) is 18.2 Å². The molecular weight excluding hydrogens is 352 g/mol. The Bertz CT molecular complexity index is 996. The molecule has 1 aliphatic rings. The number of H-pyrrole nitrogens is 1. The number of amides is 1. The summed E-state index contributed by atoms with van der Waals surface area (Å²) in [6.45, 7) is 2.03. The van der Waals surface area contributed by atoms with Crippen LogP contribution in [0.15, 0.2) is 40.5 Å². The van der Waals surface area contributed by atoms with Crippen LogP contribution in [0.4, 0.5) is 0 Å². The maximum atomic E-state index is 12.9. The first-order chi connectivity index (χ1) is 12.6. The quantitative estimate of drug-likeness (QED) is 0.503. The van der Waals surface area contributed by atoms with Crippen molar-refractivity contribution in [3.05, 3.63) is 40.9 Å². The second-order valence-electron chi connectivity index (χ2n) is 6.34. The minimum absolute atomic E-state index is 0.0686. The molecule has 0 unspecified atom stereocenters. The standard InChI is InChI=1S/C17H18N6O2S/c1-10(11-6-7-11)20-14(24)8-26-17-21-13-5-3-2-4-12(13)15(25)23(17)16-18-9-19-22-16/h2-5,9-11H,6-8H2,1H3,(H,20,24)(H,18,19,22)/t10-/m0/s1. The Kier molecular flexibility index (Phi) is 4.46. The number of aromatic nitrogens is 5. The van der Waals surface area contributed by atoms with E-state index in [-0.39, 0.29) is 29.2 Å². The smallest absolute Gasteiger partial charge is 0.269 e. The van der Waals surface area contributed by atoms with Gasteiger partial charge in [-0.2, -0.15) is 10.1 Å². The van der Waals surface area contributed by atoms with Crippen molar-refractivity contribution in [3.8, 4) is 5.95 Å². The Morgan fingerprint density at radius 3 is 2.96 bits per heavy atom. The first-order valence-corrected chi connectivity index (χ1v) is 9.42. The molecule has 4 rings (SSSR count). The normalized spacial score (nSPS) is 15.1. The predicted octanol–water partition coefficient (Wildman–Crippen LogP) is 1.51. The first kappa shape index (κ1) is 16.8. The largest absolute Gasteiger partial charge is 0.353 e. The van der Waals surface area contributed by atoms with Crippen LogP contribution >= 0.6 is 11.8 Å². The number of benzene rings is 1. The molecule has 2 heterocycles. The highest BCUT2D eigenvalue weighted by Gasteiger charge is 2.29. The average molecular weight is 370 g/mol. The molecule has 1 amide bonds. The highest BCUT2D eigenvalue weighted by atomic mass is 32.2. The molecule has 1 atom stereocenters. The van der Waals surface area contributed by atoms with Crippen LogP contribution in [0.2, 0.25) is 0 Å². The van der Waals surface area contributed by atoms with Crippen molar-refractivity contribution in [2.75, 3.05) is 5.75 Å². The number of hydrogen-bond acceptors (Lipinski definition) is 6. The fraction of sp³-hybridized carbons (Fsp3) is 0.353. The molecule has 0 aliphatic heterocycles. The van der Waals surface area contributed by atoms with Gasteiger partial charge in [0.1, 0.15) is 6.33 Å². The monoisotopic (exact) mass is 370 g/mol. The van der Waals surface area contributed by atoms with Crippen molar-refractivity contribution in [1.29, 1.82) is 0 Å². The average Bonchev–Trinajstić information content (AvgIpc) is 3.36. The van der Waals surface area contributed by atoms with Crippen LogP contribution in [-0.4, -0.2) is 42.4 Å². The highest BCUT2D eigenvalue weighted by molar-refractivity contribution is 7.99. The molecule has 0 bridgehead atoms. The predicted molar refractivity (Wildman–Crippen MR) is 98.3 cm³/mol. The molecule has 8 nitrogen and oxygen atoms in total. The van der Waals surface area contributed by atoms with E-state index in [0.717, 1.165) is 0 Å². The van der Waals surface area contributed by atoms with E-state index in [0.29, 0.717) is 22.0 Å². The van der Waals surface area contributed by atoms with Gasteiger partial charge in [0.25, 0.3) is 5.56 Å². The van der Waals surface area contributed by atoms with E-state index in [4.69, 9.17) is 0 Å². The molecule has 0 saturated heterocycles. The fourth-order valence-corrected chi connectivity index (χ4v) is 3.65. The summed E-state index contributed by atoms with van der Waals surface area (Å²) in [5.74, 6) is 0.981. The van der Waals surface area contributed by atoms with E-state index in [1.165, 1.54) is 35.5 Å². The van der Waals surface area contributed by atoms with Gasteiger partial charge >= 0.3 is 0 Å². The molecule has 1 aliphatic carbocycles. The van der Waals surface area contributed by atoms with Crippen molar-refractivity contribution in [2.45, 2.75) is 31.0 Å². The Labute approximate surface area is 153 Å². The zero-order valence-electron chi connectivity index (χ0n) is 14.2. The SMILES string of the molecule is C[C@H](NC(=O)CSc1nc2ccccc2c(=O)n1-c1ncn[nH]1)C1CC1. The number of carbonyl (C=O) groups excluding carboxylic acids is 1. The maximum Gasteiger partial charge on any atom is 0.269 e. The van der Waals surface area contributed by atoms with Crippen LogP contribution in [0, 0.1) is 5.92 Å². The molecular formula is C17H18N6O2S. The number of nitrogens with one attached hydrogen (secondary N) is 2. The number of hydrogen-bond donors (Lipinski definition) is 2. The van der Waals surface area contributed by atoms with Crippen molar-refractivity contribution < 1.29 is 4.79 Å². The van der Waals surface area contributed by atoms with Gasteiger partial charge in [-0.15, -0.1) is 0 Å². The van der Waals surface area contributed by atoms with Crippen LogP contribution in [0.25, 0.3) is 16.9 Å². The molecule has 2 aromatic heterocycles. The van der Waals surface area contributed by atoms with Gasteiger partial charge in [-0.05, 0) is 37.8 Å². The highest BCUT2D eigenvalue weighted by Crippen LogP contribution is 2.32. The number of para-hydroxylation sites is 1. The van der Waals surface area contributed by atoms with Crippen LogP contribution in [0.5, 0.6) is 0 Å². The molecule has 0 radical (unpaired) electrons. The Hall–Kier alpha value is -2.68. The topological polar surface area (TPSA) is 106 Å². The number of rotatable bonds is 6. The lowest BCUT2D eigenvalue weighted by atomic mass is 10.2. The minimum Gasteiger partial charge on any atom is -0.353 e. The Balaban J connectivity index is 1.63. The fourth-order valence-electron chi connectivity index (χ4n) is 2.84. The molecule has 134 valence electrons. The lowest BCUT2D eigenvalue weighted by Crippen LogP contribution is -2.35. The molecule has 9 heteroatoms. The van der Waals surface area contributed by atoms with Gasteiger partial charge < -0.3 is 5.32 Å². The van der Waals surface area contributed by atoms with E-state index in [1.807, 2.05) is 13.0 Å². The van der Waals surface area contributed by atoms with Gasteiger partial charge in [-0.1, -0.05) is 23.9 Å². The Morgan fingerprint density at radius 1 is 1.42 bits per heavy atom. The summed E-state index contributed by atoms with van der Waals surface area (Å²) >= 11 is 1.21. The summed E-state index contributed by atoms with van der Waals surface area (Å²) < 4.78 is 1.36. The molecule has 1 aromatic carbocycles. The maximum absolute atomic E-state index is 12.9. The third-order valence-electron chi connectivity index (χ3n) is 4.41. The number of carbonyl (C=O) groups is 1. The summed E-state index contributed by atoms with van der Waals surface area (Å²) in [5, 5.41) is 10.4. The minimum atomic E-state index is -0.249. The molecule has 2 N–H and O–H groups in total. The van der Waals surface area contributed by atoms with Crippen LogP contribution in [-0.2, 0) is 4.79 Å². The van der Waals surface area contributed by atoms with Gasteiger partial charge in [0, 0.05) is 6.04 Å². The summed E-state index contributed by atoms with van der Waals surface area (Å²) in [4.78, 5) is 33.7. The van der Waals surface area contributed by atoms with Gasteiger partial charge in [0.05, 0.1) is 16.7 Å².